The minimum Gasteiger partial charge on any atom is -0.444 e. The van der Waals surface area contributed by atoms with Crippen LogP contribution in [0, 0.1) is 20.8 Å². The molecule has 0 saturated heterocycles. The van der Waals surface area contributed by atoms with Crippen LogP contribution in [0.3, 0.4) is 0 Å². The average Bonchev–Trinajstić information content (AvgIpc) is 2.81. The zero-order valence-corrected chi connectivity index (χ0v) is 24.3. The summed E-state index contributed by atoms with van der Waals surface area (Å²) in [6.07, 6.45) is -0.987. The Morgan fingerprint density at radius 3 is 2.13 bits per heavy atom. The van der Waals surface area contributed by atoms with Gasteiger partial charge in [0.25, 0.3) is 5.91 Å². The van der Waals surface area contributed by atoms with Crippen LogP contribution in [0.5, 0.6) is 0 Å². The molecule has 212 valence electrons. The van der Waals surface area contributed by atoms with Crippen molar-refractivity contribution in [1.29, 1.82) is 0 Å². The van der Waals surface area contributed by atoms with Gasteiger partial charge in [0.1, 0.15) is 17.7 Å². The summed E-state index contributed by atoms with van der Waals surface area (Å²) < 4.78 is 5.37. The lowest BCUT2D eigenvalue weighted by Gasteiger charge is -2.38. The van der Waals surface area contributed by atoms with E-state index < -0.39 is 47.5 Å². The predicted octanol–water partition coefficient (Wildman–Crippen LogP) is 4.69. The first kappa shape index (κ1) is 31.3. The number of benzene rings is 2. The number of primary amides is 1. The molecule has 0 saturated carbocycles. The summed E-state index contributed by atoms with van der Waals surface area (Å²) >= 11 is 0. The Bertz CT molecular complexity index is 1200. The van der Waals surface area contributed by atoms with E-state index in [0.29, 0.717) is 11.3 Å². The van der Waals surface area contributed by atoms with Crippen molar-refractivity contribution in [2.75, 3.05) is 5.32 Å². The second kappa shape index (κ2) is 13.3. The minimum absolute atomic E-state index is 0.0461. The van der Waals surface area contributed by atoms with Gasteiger partial charge in [0, 0.05) is 18.2 Å². The summed E-state index contributed by atoms with van der Waals surface area (Å²) in [4.78, 5) is 53.9. The Morgan fingerprint density at radius 1 is 0.949 bits per heavy atom. The summed E-state index contributed by atoms with van der Waals surface area (Å²) in [6, 6.07) is 10.4. The van der Waals surface area contributed by atoms with Crippen molar-refractivity contribution in [3.8, 4) is 0 Å². The third-order valence-corrected chi connectivity index (χ3v) is 6.35. The molecule has 0 aromatic heterocycles. The van der Waals surface area contributed by atoms with Crippen molar-refractivity contribution in [3.63, 3.8) is 0 Å². The van der Waals surface area contributed by atoms with Crippen LogP contribution in [-0.4, -0.2) is 46.4 Å². The number of para-hydroxylation sites is 1. The number of anilines is 1. The van der Waals surface area contributed by atoms with E-state index >= 15 is 0 Å². The second-order valence-electron chi connectivity index (χ2n) is 11.0. The third-order valence-electron chi connectivity index (χ3n) is 6.35. The number of carbonyl (C=O) groups is 4. The number of nitrogens with one attached hydrogen (secondary N) is 2. The Labute approximate surface area is 231 Å². The maximum absolute atomic E-state index is 14.2. The van der Waals surface area contributed by atoms with Gasteiger partial charge in [0.2, 0.25) is 11.8 Å². The van der Waals surface area contributed by atoms with Crippen molar-refractivity contribution in [2.45, 2.75) is 92.0 Å². The molecule has 0 radical (unpaired) electrons. The van der Waals surface area contributed by atoms with Crippen LogP contribution in [0.15, 0.2) is 42.5 Å². The quantitative estimate of drug-likeness (QED) is 0.404. The fourth-order valence-corrected chi connectivity index (χ4v) is 4.26. The van der Waals surface area contributed by atoms with Crippen LogP contribution in [-0.2, 0) is 19.1 Å². The van der Waals surface area contributed by atoms with E-state index in [1.54, 1.807) is 40.7 Å². The van der Waals surface area contributed by atoms with Gasteiger partial charge in [-0.15, -0.1) is 0 Å². The number of alkyl carbamates (subject to hydrolysis) is 1. The molecular formula is C30H42N4O5. The second-order valence-corrected chi connectivity index (χ2v) is 11.0. The average molecular weight is 539 g/mol. The summed E-state index contributed by atoms with van der Waals surface area (Å²) in [7, 11) is 0. The Morgan fingerprint density at radius 2 is 1.56 bits per heavy atom. The standard InChI is InChI=1S/C30H42N4O5/c1-18(2)34(28(37)24(16-17-25(31)35)33-29(38)39-30(6,7)8)26(22-14-11-13-19(3)21(22)5)27(36)32-23-15-10-9-12-20(23)4/h9-15,18,24,26H,16-17H2,1-8H3,(H2,31,35)(H,32,36)(H,33,38). The third kappa shape index (κ3) is 8.84. The highest BCUT2D eigenvalue weighted by Gasteiger charge is 2.38. The lowest BCUT2D eigenvalue weighted by Crippen LogP contribution is -2.54. The lowest BCUT2D eigenvalue weighted by molar-refractivity contribution is -0.143. The highest BCUT2D eigenvalue weighted by molar-refractivity contribution is 5.99. The van der Waals surface area contributed by atoms with Crippen LogP contribution in [0.1, 0.15) is 75.8 Å². The van der Waals surface area contributed by atoms with Gasteiger partial charge in [0.15, 0.2) is 0 Å². The smallest absolute Gasteiger partial charge is 0.408 e. The summed E-state index contributed by atoms with van der Waals surface area (Å²) in [6.45, 7) is 14.5. The SMILES string of the molecule is Cc1ccccc1NC(=O)C(c1cccc(C)c1C)N(C(=O)C(CCC(N)=O)NC(=O)OC(C)(C)C)C(C)C. The van der Waals surface area contributed by atoms with Crippen LogP contribution >= 0.6 is 0 Å². The van der Waals surface area contributed by atoms with Gasteiger partial charge in [-0.2, -0.15) is 0 Å². The van der Waals surface area contributed by atoms with E-state index in [1.807, 2.05) is 57.2 Å². The summed E-state index contributed by atoms with van der Waals surface area (Å²) in [5, 5.41) is 5.59. The van der Waals surface area contributed by atoms with Gasteiger partial charge >= 0.3 is 6.09 Å². The topological polar surface area (TPSA) is 131 Å². The van der Waals surface area contributed by atoms with E-state index in [-0.39, 0.29) is 12.8 Å². The fraction of sp³-hybridized carbons (Fsp3) is 0.467. The van der Waals surface area contributed by atoms with E-state index in [4.69, 9.17) is 10.5 Å². The Kier molecular flexibility index (Phi) is 10.7. The number of hydrogen-bond acceptors (Lipinski definition) is 5. The van der Waals surface area contributed by atoms with Crippen molar-refractivity contribution in [2.24, 2.45) is 5.73 Å². The monoisotopic (exact) mass is 538 g/mol. The highest BCUT2D eigenvalue weighted by atomic mass is 16.6. The van der Waals surface area contributed by atoms with Gasteiger partial charge < -0.3 is 26.0 Å². The molecule has 2 rings (SSSR count). The Balaban J connectivity index is 2.59. The summed E-state index contributed by atoms with van der Waals surface area (Å²) in [5.74, 6) is -1.54. The largest absolute Gasteiger partial charge is 0.444 e. The van der Waals surface area contributed by atoms with Gasteiger partial charge in [-0.05, 0) is 90.1 Å². The number of amides is 4. The number of aryl methyl sites for hydroxylation is 2. The molecule has 2 atom stereocenters. The molecule has 2 aromatic rings. The first-order valence-electron chi connectivity index (χ1n) is 13.1. The number of hydrogen-bond donors (Lipinski definition) is 3. The fourth-order valence-electron chi connectivity index (χ4n) is 4.26. The molecule has 39 heavy (non-hydrogen) atoms. The molecule has 9 heteroatoms. The first-order chi connectivity index (χ1) is 18.1. The molecule has 0 bridgehead atoms. The number of carbonyl (C=O) groups excluding carboxylic acids is 4. The normalized spacial score (nSPS) is 12.8. The van der Waals surface area contributed by atoms with E-state index in [1.165, 1.54) is 4.90 Å². The van der Waals surface area contributed by atoms with Crippen molar-refractivity contribution in [3.05, 3.63) is 64.7 Å². The number of rotatable bonds is 10. The van der Waals surface area contributed by atoms with E-state index in [2.05, 4.69) is 10.6 Å². The molecule has 9 nitrogen and oxygen atoms in total. The van der Waals surface area contributed by atoms with Crippen LogP contribution < -0.4 is 16.4 Å². The number of nitrogens with two attached hydrogens (primary N) is 1. The zero-order chi connectivity index (χ0) is 29.5. The molecule has 0 aliphatic heterocycles. The maximum Gasteiger partial charge on any atom is 0.408 e. The first-order valence-corrected chi connectivity index (χ1v) is 13.1. The van der Waals surface area contributed by atoms with Crippen LogP contribution in [0.2, 0.25) is 0 Å². The molecular weight excluding hydrogens is 496 g/mol. The number of nitrogens with zero attached hydrogens (tertiary/aromatic N) is 1. The maximum atomic E-state index is 14.2. The molecule has 0 aliphatic carbocycles. The van der Waals surface area contributed by atoms with E-state index in [9.17, 15) is 19.2 Å². The van der Waals surface area contributed by atoms with Crippen molar-refractivity contribution < 1.29 is 23.9 Å². The van der Waals surface area contributed by atoms with E-state index in [0.717, 1.165) is 16.7 Å². The van der Waals surface area contributed by atoms with Crippen LogP contribution in [0.4, 0.5) is 10.5 Å². The molecule has 4 amide bonds. The molecule has 0 heterocycles. The molecule has 4 N–H and O–H groups in total. The van der Waals surface area contributed by atoms with Gasteiger partial charge in [-0.1, -0.05) is 36.4 Å². The molecule has 0 aliphatic rings. The molecule has 0 spiro atoms. The Hall–Kier alpha value is -3.88. The zero-order valence-electron chi connectivity index (χ0n) is 24.3. The highest BCUT2D eigenvalue weighted by Crippen LogP contribution is 2.31. The summed E-state index contributed by atoms with van der Waals surface area (Å²) in [5.41, 5.74) is 8.58. The number of ether oxygens (including phenoxy) is 1. The van der Waals surface area contributed by atoms with Gasteiger partial charge in [-0.3, -0.25) is 14.4 Å². The van der Waals surface area contributed by atoms with Crippen LogP contribution in [0.25, 0.3) is 0 Å². The van der Waals surface area contributed by atoms with Crippen molar-refractivity contribution in [1.82, 2.24) is 10.2 Å². The molecule has 2 aromatic carbocycles. The van der Waals surface area contributed by atoms with Gasteiger partial charge in [-0.25, -0.2) is 4.79 Å². The molecule has 0 fully saturated rings. The van der Waals surface area contributed by atoms with Crippen molar-refractivity contribution >= 4 is 29.5 Å². The lowest BCUT2D eigenvalue weighted by atomic mass is 9.93. The molecule has 2 unspecified atom stereocenters. The predicted molar refractivity (Wildman–Crippen MR) is 152 cm³/mol. The minimum atomic E-state index is -1.14. The van der Waals surface area contributed by atoms with Gasteiger partial charge in [0.05, 0.1) is 0 Å².